The average molecular weight is 287 g/mol. The van der Waals surface area contributed by atoms with Gasteiger partial charge in [-0.1, -0.05) is 13.8 Å². The first-order valence-electron chi connectivity index (χ1n) is 8.14. The summed E-state index contributed by atoms with van der Waals surface area (Å²) in [5, 5.41) is 3.00. The zero-order valence-corrected chi connectivity index (χ0v) is 13.1. The fraction of sp³-hybridized carbons (Fsp3) is 0.647. The molecule has 0 saturated carbocycles. The van der Waals surface area contributed by atoms with Gasteiger partial charge in [0.1, 0.15) is 0 Å². The van der Waals surface area contributed by atoms with Crippen molar-refractivity contribution >= 4 is 11.6 Å². The number of pyridine rings is 1. The second-order valence-corrected chi connectivity index (χ2v) is 6.56. The van der Waals surface area contributed by atoms with Crippen molar-refractivity contribution in [2.75, 3.05) is 24.5 Å². The Morgan fingerprint density at radius 1 is 1.43 bits per heavy atom. The fourth-order valence-corrected chi connectivity index (χ4v) is 3.54. The molecule has 2 fully saturated rings. The highest BCUT2D eigenvalue weighted by Crippen LogP contribution is 2.38. The summed E-state index contributed by atoms with van der Waals surface area (Å²) in [6.07, 6.45) is 6.17. The molecule has 4 nitrogen and oxygen atoms in total. The zero-order valence-electron chi connectivity index (χ0n) is 13.1. The maximum atomic E-state index is 12.2. The van der Waals surface area contributed by atoms with E-state index >= 15 is 0 Å². The largest absolute Gasteiger partial charge is 0.369 e. The number of amides is 1. The predicted octanol–water partition coefficient (Wildman–Crippen LogP) is 2.70. The maximum absolute atomic E-state index is 12.2. The van der Waals surface area contributed by atoms with Crippen LogP contribution < -0.4 is 10.2 Å². The molecule has 0 aliphatic carbocycles. The van der Waals surface area contributed by atoms with Gasteiger partial charge in [-0.15, -0.1) is 0 Å². The molecular weight excluding hydrogens is 262 g/mol. The molecule has 1 amide bonds. The normalized spacial score (nSPS) is 27.0. The van der Waals surface area contributed by atoms with Gasteiger partial charge < -0.3 is 10.2 Å². The van der Waals surface area contributed by atoms with Gasteiger partial charge >= 0.3 is 0 Å². The summed E-state index contributed by atoms with van der Waals surface area (Å²) in [4.78, 5) is 19.1. The van der Waals surface area contributed by atoms with Crippen molar-refractivity contribution in [3.8, 4) is 0 Å². The van der Waals surface area contributed by atoms with E-state index in [1.807, 2.05) is 6.20 Å². The maximum Gasteiger partial charge on any atom is 0.228 e. The molecule has 3 rings (SSSR count). The third-order valence-electron chi connectivity index (χ3n) is 5.20. The molecule has 4 heteroatoms. The van der Waals surface area contributed by atoms with E-state index in [0.717, 1.165) is 56.7 Å². The number of piperidine rings is 1. The lowest BCUT2D eigenvalue weighted by atomic mass is 9.78. The van der Waals surface area contributed by atoms with E-state index in [2.05, 4.69) is 41.2 Å². The summed E-state index contributed by atoms with van der Waals surface area (Å²) in [5.74, 6) is 0.753. The quantitative estimate of drug-likeness (QED) is 0.929. The summed E-state index contributed by atoms with van der Waals surface area (Å²) < 4.78 is 0. The number of anilines is 1. The SMILES string of the molecule is CCC(C)c1ccc(N2CCC[C@@]3(CCNC3=O)C2)cn1. The van der Waals surface area contributed by atoms with Gasteiger partial charge in [-0.3, -0.25) is 9.78 Å². The van der Waals surface area contributed by atoms with Gasteiger partial charge in [0.25, 0.3) is 0 Å². The molecule has 0 aromatic carbocycles. The lowest BCUT2D eigenvalue weighted by molar-refractivity contribution is -0.128. The van der Waals surface area contributed by atoms with Crippen molar-refractivity contribution in [2.24, 2.45) is 5.41 Å². The average Bonchev–Trinajstić information content (AvgIpc) is 2.87. The van der Waals surface area contributed by atoms with Crippen molar-refractivity contribution in [1.82, 2.24) is 10.3 Å². The first kappa shape index (κ1) is 14.4. The lowest BCUT2D eigenvalue weighted by Crippen LogP contribution is -2.47. The topological polar surface area (TPSA) is 45.2 Å². The molecule has 1 aromatic rings. The number of nitrogens with one attached hydrogen (secondary N) is 1. The molecule has 3 heterocycles. The first-order chi connectivity index (χ1) is 10.1. The Morgan fingerprint density at radius 3 is 2.90 bits per heavy atom. The number of rotatable bonds is 3. The smallest absolute Gasteiger partial charge is 0.228 e. The molecule has 0 radical (unpaired) electrons. The van der Waals surface area contributed by atoms with Crippen LogP contribution in [0.1, 0.15) is 51.1 Å². The molecule has 2 aliphatic rings. The van der Waals surface area contributed by atoms with Gasteiger partial charge in [0, 0.05) is 25.3 Å². The van der Waals surface area contributed by atoms with Crippen molar-refractivity contribution < 1.29 is 4.79 Å². The third kappa shape index (κ3) is 2.63. The van der Waals surface area contributed by atoms with E-state index in [-0.39, 0.29) is 11.3 Å². The van der Waals surface area contributed by atoms with Crippen LogP contribution >= 0.6 is 0 Å². The fourth-order valence-electron chi connectivity index (χ4n) is 3.54. The molecule has 1 aromatic heterocycles. The molecule has 2 saturated heterocycles. The van der Waals surface area contributed by atoms with Crippen LogP contribution in [0.15, 0.2) is 18.3 Å². The molecule has 2 aliphatic heterocycles. The van der Waals surface area contributed by atoms with E-state index in [4.69, 9.17) is 0 Å². The van der Waals surface area contributed by atoms with Crippen LogP contribution in [-0.4, -0.2) is 30.5 Å². The second-order valence-electron chi connectivity index (χ2n) is 6.56. The summed E-state index contributed by atoms with van der Waals surface area (Å²) >= 11 is 0. The van der Waals surface area contributed by atoms with Crippen molar-refractivity contribution in [2.45, 2.75) is 45.4 Å². The van der Waals surface area contributed by atoms with Gasteiger partial charge in [-0.05, 0) is 43.7 Å². The highest BCUT2D eigenvalue weighted by molar-refractivity contribution is 5.85. The van der Waals surface area contributed by atoms with E-state index in [0.29, 0.717) is 5.92 Å². The number of carbonyl (C=O) groups excluding carboxylic acids is 1. The van der Waals surface area contributed by atoms with Crippen LogP contribution in [0.5, 0.6) is 0 Å². The van der Waals surface area contributed by atoms with E-state index < -0.39 is 0 Å². The van der Waals surface area contributed by atoms with Crippen LogP contribution in [0.2, 0.25) is 0 Å². The number of nitrogens with zero attached hydrogens (tertiary/aromatic N) is 2. The van der Waals surface area contributed by atoms with Crippen molar-refractivity contribution in [3.63, 3.8) is 0 Å². The molecule has 2 atom stereocenters. The highest BCUT2D eigenvalue weighted by Gasteiger charge is 2.45. The summed E-state index contributed by atoms with van der Waals surface area (Å²) in [5.41, 5.74) is 2.15. The van der Waals surface area contributed by atoms with E-state index in [9.17, 15) is 4.79 Å². The minimum atomic E-state index is -0.159. The van der Waals surface area contributed by atoms with E-state index in [1.54, 1.807) is 0 Å². The predicted molar refractivity (Wildman–Crippen MR) is 84.4 cm³/mol. The monoisotopic (exact) mass is 287 g/mol. The summed E-state index contributed by atoms with van der Waals surface area (Å²) in [6.45, 7) is 7.09. The molecular formula is C17H25N3O. The minimum absolute atomic E-state index is 0.159. The van der Waals surface area contributed by atoms with Crippen LogP contribution in [0.4, 0.5) is 5.69 Å². The van der Waals surface area contributed by atoms with Gasteiger partial charge in [0.05, 0.1) is 17.3 Å². The highest BCUT2D eigenvalue weighted by atomic mass is 16.2. The van der Waals surface area contributed by atoms with Crippen molar-refractivity contribution in [1.29, 1.82) is 0 Å². The number of hydrogen-bond acceptors (Lipinski definition) is 3. The zero-order chi connectivity index (χ0) is 14.9. The Balaban J connectivity index is 1.76. The summed E-state index contributed by atoms with van der Waals surface area (Å²) in [7, 11) is 0. The van der Waals surface area contributed by atoms with E-state index in [1.165, 1.54) is 0 Å². The Bertz CT molecular complexity index is 513. The number of carbonyl (C=O) groups is 1. The molecule has 114 valence electrons. The Kier molecular flexibility index (Phi) is 3.87. The van der Waals surface area contributed by atoms with Crippen LogP contribution in [0.3, 0.4) is 0 Å². The second kappa shape index (κ2) is 5.66. The van der Waals surface area contributed by atoms with Crippen LogP contribution in [0, 0.1) is 5.41 Å². The minimum Gasteiger partial charge on any atom is -0.369 e. The summed E-state index contributed by atoms with van der Waals surface area (Å²) in [6, 6.07) is 4.31. The lowest BCUT2D eigenvalue weighted by Gasteiger charge is -2.39. The molecule has 21 heavy (non-hydrogen) atoms. The Hall–Kier alpha value is -1.58. The third-order valence-corrected chi connectivity index (χ3v) is 5.20. The van der Waals surface area contributed by atoms with Crippen LogP contribution in [-0.2, 0) is 4.79 Å². The Labute approximate surface area is 126 Å². The molecule has 1 N–H and O–H groups in total. The van der Waals surface area contributed by atoms with Crippen molar-refractivity contribution in [3.05, 3.63) is 24.0 Å². The van der Waals surface area contributed by atoms with Gasteiger partial charge in [0.2, 0.25) is 5.91 Å². The number of aromatic nitrogens is 1. The van der Waals surface area contributed by atoms with Crippen LogP contribution in [0.25, 0.3) is 0 Å². The van der Waals surface area contributed by atoms with Gasteiger partial charge in [0.15, 0.2) is 0 Å². The molecule has 0 bridgehead atoms. The molecule has 1 unspecified atom stereocenters. The number of hydrogen-bond donors (Lipinski definition) is 1. The first-order valence-corrected chi connectivity index (χ1v) is 8.14. The van der Waals surface area contributed by atoms with Gasteiger partial charge in [-0.25, -0.2) is 0 Å². The molecule has 1 spiro atoms. The van der Waals surface area contributed by atoms with Gasteiger partial charge in [-0.2, -0.15) is 0 Å². The standard InChI is InChI=1S/C17H25N3O/c1-3-13(2)15-6-5-14(11-19-15)20-10-4-7-17(12-20)8-9-18-16(17)21/h5-6,11,13H,3-4,7-10,12H2,1-2H3,(H,18,21)/t13?,17-/m1/s1. The Morgan fingerprint density at radius 2 is 2.29 bits per heavy atom.